The van der Waals surface area contributed by atoms with E-state index in [1.165, 1.54) is 24.5 Å². The number of nitrogens with zero attached hydrogens (tertiary/aromatic N) is 6. The molecule has 1 saturated heterocycles. The quantitative estimate of drug-likeness (QED) is 0.736. The number of benzene rings is 1. The standard InChI is InChI=1S/C15H14F2N6/c1-22-14-13(20-21-22)15(19-8-18-14)23-6-9(7-23)5-10-11(16)3-2-4-12(10)17/h2-4,8-9H,5-7H2,1H3. The zero-order valence-corrected chi connectivity index (χ0v) is 12.4. The summed E-state index contributed by atoms with van der Waals surface area (Å²) in [5.41, 5.74) is 1.47. The Morgan fingerprint density at radius 2 is 1.91 bits per heavy atom. The highest BCUT2D eigenvalue weighted by Gasteiger charge is 2.31. The van der Waals surface area contributed by atoms with E-state index in [9.17, 15) is 8.78 Å². The van der Waals surface area contributed by atoms with E-state index in [0.717, 1.165) is 0 Å². The normalized spacial score (nSPS) is 15.2. The largest absolute Gasteiger partial charge is 0.354 e. The molecule has 0 atom stereocenters. The van der Waals surface area contributed by atoms with Crippen molar-refractivity contribution in [1.82, 2.24) is 25.0 Å². The summed E-state index contributed by atoms with van der Waals surface area (Å²) in [5.74, 6) is -0.0694. The van der Waals surface area contributed by atoms with E-state index in [0.29, 0.717) is 36.5 Å². The Kier molecular flexibility index (Phi) is 3.17. The maximum absolute atomic E-state index is 13.7. The predicted molar refractivity (Wildman–Crippen MR) is 79.9 cm³/mol. The van der Waals surface area contributed by atoms with Crippen LogP contribution in [-0.2, 0) is 13.5 Å². The maximum atomic E-state index is 13.7. The number of aromatic nitrogens is 5. The molecule has 8 heteroatoms. The van der Waals surface area contributed by atoms with Crippen molar-refractivity contribution in [3.63, 3.8) is 0 Å². The lowest BCUT2D eigenvalue weighted by molar-refractivity contribution is 0.392. The van der Waals surface area contributed by atoms with Gasteiger partial charge in [0.05, 0.1) is 0 Å². The van der Waals surface area contributed by atoms with Crippen molar-refractivity contribution in [3.8, 4) is 0 Å². The molecule has 23 heavy (non-hydrogen) atoms. The Morgan fingerprint density at radius 1 is 1.17 bits per heavy atom. The lowest BCUT2D eigenvalue weighted by Gasteiger charge is -2.40. The third kappa shape index (κ3) is 2.30. The first-order valence-electron chi connectivity index (χ1n) is 7.31. The lowest BCUT2D eigenvalue weighted by atomic mass is 9.91. The number of anilines is 1. The molecule has 0 amide bonds. The number of rotatable bonds is 3. The van der Waals surface area contributed by atoms with E-state index in [4.69, 9.17) is 0 Å². The van der Waals surface area contributed by atoms with Gasteiger partial charge in [0.2, 0.25) is 0 Å². The fourth-order valence-corrected chi connectivity index (χ4v) is 2.96. The van der Waals surface area contributed by atoms with E-state index in [1.54, 1.807) is 11.7 Å². The van der Waals surface area contributed by atoms with Crippen molar-refractivity contribution >= 4 is 17.0 Å². The van der Waals surface area contributed by atoms with Gasteiger partial charge in [-0.15, -0.1) is 5.10 Å². The fraction of sp³-hybridized carbons (Fsp3) is 0.333. The van der Waals surface area contributed by atoms with Gasteiger partial charge in [-0.05, 0) is 24.5 Å². The molecule has 118 valence electrons. The zero-order valence-electron chi connectivity index (χ0n) is 12.4. The first kappa shape index (κ1) is 14.0. The second-order valence-corrected chi connectivity index (χ2v) is 5.76. The van der Waals surface area contributed by atoms with Crippen LogP contribution in [0.15, 0.2) is 24.5 Å². The lowest BCUT2D eigenvalue weighted by Crippen LogP contribution is -2.48. The van der Waals surface area contributed by atoms with Crippen LogP contribution in [0.1, 0.15) is 5.56 Å². The number of aryl methyl sites for hydroxylation is 1. The van der Waals surface area contributed by atoms with Gasteiger partial charge < -0.3 is 4.90 Å². The molecule has 0 saturated carbocycles. The fourth-order valence-electron chi connectivity index (χ4n) is 2.96. The molecule has 1 fully saturated rings. The van der Waals surface area contributed by atoms with Gasteiger partial charge in [0, 0.05) is 25.7 Å². The van der Waals surface area contributed by atoms with Gasteiger partial charge >= 0.3 is 0 Å². The molecule has 1 aromatic carbocycles. The maximum Gasteiger partial charge on any atom is 0.183 e. The van der Waals surface area contributed by atoms with E-state index in [-0.39, 0.29) is 11.5 Å². The third-order valence-corrected chi connectivity index (χ3v) is 4.18. The highest BCUT2D eigenvalue weighted by atomic mass is 19.1. The summed E-state index contributed by atoms with van der Waals surface area (Å²) in [4.78, 5) is 10.5. The molecule has 2 aromatic heterocycles. The van der Waals surface area contributed by atoms with Gasteiger partial charge in [0.15, 0.2) is 17.0 Å². The minimum atomic E-state index is -0.484. The summed E-state index contributed by atoms with van der Waals surface area (Å²) >= 11 is 0. The highest BCUT2D eigenvalue weighted by molar-refractivity contribution is 5.82. The molecular formula is C15H14F2N6. The number of halogens is 2. The summed E-state index contributed by atoms with van der Waals surface area (Å²) in [6, 6.07) is 3.97. The summed E-state index contributed by atoms with van der Waals surface area (Å²) in [6.07, 6.45) is 1.86. The van der Waals surface area contributed by atoms with Gasteiger partial charge in [0.25, 0.3) is 0 Å². The Bertz CT molecular complexity index is 851. The van der Waals surface area contributed by atoms with Crippen LogP contribution in [0, 0.1) is 17.6 Å². The molecule has 0 unspecified atom stereocenters. The summed E-state index contributed by atoms with van der Waals surface area (Å²) in [6.45, 7) is 1.35. The highest BCUT2D eigenvalue weighted by Crippen LogP contribution is 2.30. The molecule has 1 aliphatic heterocycles. The smallest absolute Gasteiger partial charge is 0.183 e. The van der Waals surface area contributed by atoms with Crippen LogP contribution in [0.2, 0.25) is 0 Å². The third-order valence-electron chi connectivity index (χ3n) is 4.18. The van der Waals surface area contributed by atoms with Crippen molar-refractivity contribution in [3.05, 3.63) is 41.7 Å². The van der Waals surface area contributed by atoms with Crippen LogP contribution >= 0.6 is 0 Å². The molecule has 0 N–H and O–H groups in total. The summed E-state index contributed by atoms with van der Waals surface area (Å²) in [7, 11) is 1.77. The molecule has 3 aromatic rings. The molecule has 3 heterocycles. The number of hydrogen-bond donors (Lipinski definition) is 0. The van der Waals surface area contributed by atoms with Crippen molar-refractivity contribution in [2.24, 2.45) is 13.0 Å². The van der Waals surface area contributed by atoms with E-state index >= 15 is 0 Å². The van der Waals surface area contributed by atoms with Gasteiger partial charge in [0.1, 0.15) is 18.0 Å². The Hall–Kier alpha value is -2.64. The molecule has 0 radical (unpaired) electrons. The van der Waals surface area contributed by atoms with Crippen LogP contribution in [0.3, 0.4) is 0 Å². The number of hydrogen-bond acceptors (Lipinski definition) is 5. The van der Waals surface area contributed by atoms with Gasteiger partial charge in [-0.2, -0.15) is 0 Å². The van der Waals surface area contributed by atoms with E-state index in [2.05, 4.69) is 20.3 Å². The summed E-state index contributed by atoms with van der Waals surface area (Å²) < 4.78 is 29.0. The molecular weight excluding hydrogens is 302 g/mol. The molecule has 4 rings (SSSR count). The Labute approximate surface area is 130 Å². The molecule has 1 aliphatic rings. The SMILES string of the molecule is Cn1nnc2c(N3CC(Cc4c(F)cccc4F)C3)ncnc21. The predicted octanol–water partition coefficient (Wildman–Crippen LogP) is 1.72. The van der Waals surface area contributed by atoms with Crippen molar-refractivity contribution in [2.45, 2.75) is 6.42 Å². The van der Waals surface area contributed by atoms with Crippen molar-refractivity contribution < 1.29 is 8.78 Å². The van der Waals surface area contributed by atoms with Gasteiger partial charge in [-0.25, -0.2) is 23.4 Å². The minimum absolute atomic E-state index is 0.157. The first-order valence-corrected chi connectivity index (χ1v) is 7.31. The topological polar surface area (TPSA) is 59.7 Å². The minimum Gasteiger partial charge on any atom is -0.354 e. The second kappa shape index (κ2) is 5.22. The zero-order chi connectivity index (χ0) is 16.0. The van der Waals surface area contributed by atoms with Crippen molar-refractivity contribution in [1.29, 1.82) is 0 Å². The van der Waals surface area contributed by atoms with Gasteiger partial charge in [-0.1, -0.05) is 11.3 Å². The van der Waals surface area contributed by atoms with Gasteiger partial charge in [-0.3, -0.25) is 0 Å². The van der Waals surface area contributed by atoms with Crippen LogP contribution < -0.4 is 4.90 Å². The number of fused-ring (bicyclic) bond motifs is 1. The van der Waals surface area contributed by atoms with Crippen molar-refractivity contribution in [2.75, 3.05) is 18.0 Å². The average molecular weight is 316 g/mol. The van der Waals surface area contributed by atoms with Crippen LogP contribution in [0.4, 0.5) is 14.6 Å². The Morgan fingerprint density at radius 3 is 2.65 bits per heavy atom. The molecule has 0 spiro atoms. The van der Waals surface area contributed by atoms with Crippen LogP contribution in [0.25, 0.3) is 11.2 Å². The molecule has 0 aliphatic carbocycles. The van der Waals surface area contributed by atoms with E-state index < -0.39 is 11.6 Å². The average Bonchev–Trinajstić information content (AvgIpc) is 2.87. The van der Waals surface area contributed by atoms with E-state index in [1.807, 2.05) is 4.90 Å². The molecule has 6 nitrogen and oxygen atoms in total. The second-order valence-electron chi connectivity index (χ2n) is 5.76. The monoisotopic (exact) mass is 316 g/mol. The molecule has 0 bridgehead atoms. The van der Waals surface area contributed by atoms with Crippen LogP contribution in [0.5, 0.6) is 0 Å². The Balaban J connectivity index is 1.51. The van der Waals surface area contributed by atoms with Crippen LogP contribution in [-0.4, -0.2) is 38.1 Å². The first-order chi connectivity index (χ1) is 11.1. The summed E-state index contributed by atoms with van der Waals surface area (Å²) in [5, 5.41) is 8.03.